The van der Waals surface area contributed by atoms with Crippen molar-refractivity contribution in [1.82, 2.24) is 0 Å². The Kier molecular flexibility index (Phi) is 7.42. The monoisotopic (exact) mass is 597 g/mol. The van der Waals surface area contributed by atoms with E-state index in [9.17, 15) is 32.3 Å². The predicted molar refractivity (Wildman–Crippen MR) is 144 cm³/mol. The summed E-state index contributed by atoms with van der Waals surface area (Å²) >= 11 is 12.0. The van der Waals surface area contributed by atoms with Crippen LogP contribution in [0, 0.1) is 0 Å². The zero-order valence-corrected chi connectivity index (χ0v) is 22.1. The van der Waals surface area contributed by atoms with E-state index in [2.05, 4.69) is 0 Å². The third-order valence-corrected chi connectivity index (χ3v) is 6.90. The third-order valence-electron chi connectivity index (χ3n) is 6.33. The first-order valence-electron chi connectivity index (χ1n) is 11.9. The van der Waals surface area contributed by atoms with Crippen molar-refractivity contribution in [3.05, 3.63) is 134 Å². The number of alkyl halides is 3. The van der Waals surface area contributed by atoms with Crippen molar-refractivity contribution < 1.29 is 37.1 Å². The number of Topliss-reactive ketones (excluding diaryl/α,β-unsaturated/α-hetero) is 1. The van der Waals surface area contributed by atoms with Crippen LogP contribution in [0.25, 0.3) is 0 Å². The van der Waals surface area contributed by atoms with Crippen molar-refractivity contribution in [1.29, 1.82) is 0 Å². The van der Waals surface area contributed by atoms with Crippen molar-refractivity contribution >= 4 is 52.5 Å². The Hall–Kier alpha value is -4.47. The number of halogens is 5. The molecule has 0 aliphatic carbocycles. The Bertz CT molecular complexity index is 1710. The van der Waals surface area contributed by atoms with Crippen molar-refractivity contribution in [3.63, 3.8) is 0 Å². The number of ether oxygens (including phenoxy) is 1. The van der Waals surface area contributed by atoms with Gasteiger partial charge in [0.1, 0.15) is 0 Å². The largest absolute Gasteiger partial charge is 0.445 e. The lowest BCUT2D eigenvalue weighted by Gasteiger charge is -2.18. The van der Waals surface area contributed by atoms with Crippen molar-refractivity contribution in [2.24, 2.45) is 0 Å². The fraction of sp³-hybridized carbons (Fsp3) is 0.0667. The lowest BCUT2D eigenvalue weighted by Crippen LogP contribution is -2.30. The van der Waals surface area contributed by atoms with Crippen LogP contribution < -0.4 is 4.90 Å². The first-order valence-corrected chi connectivity index (χ1v) is 12.7. The van der Waals surface area contributed by atoms with Crippen LogP contribution in [0.2, 0.25) is 10.0 Å². The first kappa shape index (κ1) is 28.1. The van der Waals surface area contributed by atoms with E-state index in [0.717, 1.165) is 18.2 Å². The Morgan fingerprint density at radius 3 is 2.05 bits per heavy atom. The molecule has 0 spiro atoms. The lowest BCUT2D eigenvalue weighted by atomic mass is 9.99. The number of benzene rings is 4. The minimum Gasteiger partial charge on any atom is -0.445 e. The van der Waals surface area contributed by atoms with Gasteiger partial charge in [0, 0.05) is 16.1 Å². The first-order chi connectivity index (χ1) is 19.5. The van der Waals surface area contributed by atoms with E-state index in [1.807, 2.05) is 0 Å². The quantitative estimate of drug-likeness (QED) is 0.130. The summed E-state index contributed by atoms with van der Waals surface area (Å²) in [6, 6.07) is 20.0. The summed E-state index contributed by atoms with van der Waals surface area (Å²) in [5, 5.41) is 0.158. The SMILES string of the molecule is O=C(O[C@@H](C(=O)c1ccc(Cl)cc1)c1ccccc1)c1ccc2c(c1)C(=O)N(c1cc(C(F)(F)F)ccc1Cl)C2=O. The molecule has 6 nitrogen and oxygen atoms in total. The highest BCUT2D eigenvalue weighted by molar-refractivity contribution is 6.40. The van der Waals surface area contributed by atoms with E-state index in [-0.39, 0.29) is 27.3 Å². The topological polar surface area (TPSA) is 80.8 Å². The number of hydrogen-bond acceptors (Lipinski definition) is 5. The molecule has 0 saturated carbocycles. The number of nitrogens with zero attached hydrogens (tertiary/aromatic N) is 1. The zero-order chi connectivity index (χ0) is 29.5. The van der Waals surface area contributed by atoms with Crippen LogP contribution >= 0.6 is 23.2 Å². The number of esters is 1. The Balaban J connectivity index is 1.46. The molecular formula is C30H16Cl2F3NO5. The van der Waals surface area contributed by atoms with Gasteiger partial charge < -0.3 is 4.74 Å². The predicted octanol–water partition coefficient (Wildman–Crippen LogP) is 7.59. The second-order valence-electron chi connectivity index (χ2n) is 8.94. The summed E-state index contributed by atoms with van der Waals surface area (Å²) in [6.45, 7) is 0. The number of rotatable bonds is 6. The average molecular weight is 598 g/mol. The molecule has 0 unspecified atom stereocenters. The maximum atomic E-state index is 13.3. The van der Waals surface area contributed by atoms with Crippen LogP contribution in [0.3, 0.4) is 0 Å². The van der Waals surface area contributed by atoms with Crippen molar-refractivity contribution in [3.8, 4) is 0 Å². The molecule has 0 N–H and O–H groups in total. The maximum Gasteiger partial charge on any atom is 0.416 e. The Morgan fingerprint density at radius 1 is 0.756 bits per heavy atom. The third kappa shape index (κ3) is 5.46. The van der Waals surface area contributed by atoms with E-state index < -0.39 is 47.1 Å². The van der Waals surface area contributed by atoms with Gasteiger partial charge in [0.2, 0.25) is 5.78 Å². The van der Waals surface area contributed by atoms with Gasteiger partial charge in [0.05, 0.1) is 33.0 Å². The van der Waals surface area contributed by atoms with E-state index in [1.54, 1.807) is 30.3 Å². The van der Waals surface area contributed by atoms with Crippen LogP contribution in [-0.4, -0.2) is 23.6 Å². The summed E-state index contributed by atoms with van der Waals surface area (Å²) in [4.78, 5) is 53.3. The van der Waals surface area contributed by atoms with Gasteiger partial charge in [-0.3, -0.25) is 14.4 Å². The number of hydrogen-bond donors (Lipinski definition) is 0. The molecule has 1 heterocycles. The van der Waals surface area contributed by atoms with Gasteiger partial charge in [-0.25, -0.2) is 9.69 Å². The normalized spacial score (nSPS) is 13.6. The standard InChI is InChI=1S/C30H16Cl2F3NO5/c31-20-10-6-16(7-11-20)25(37)26(17-4-2-1-3-5-17)41-29(40)18-8-12-21-22(14-18)28(39)36(27(21)38)24-15-19(30(33,34)35)9-13-23(24)32/h1-15,26H/t26-/m1/s1. The van der Waals surface area contributed by atoms with E-state index in [4.69, 9.17) is 27.9 Å². The molecule has 5 rings (SSSR count). The minimum atomic E-state index is -4.74. The molecular weight excluding hydrogens is 582 g/mol. The molecule has 1 aliphatic heterocycles. The number of ketones is 1. The molecule has 0 saturated heterocycles. The number of fused-ring (bicyclic) bond motifs is 1. The van der Waals surface area contributed by atoms with Crippen LogP contribution in [-0.2, 0) is 10.9 Å². The highest BCUT2D eigenvalue weighted by Gasteiger charge is 2.40. The Morgan fingerprint density at radius 2 is 1.39 bits per heavy atom. The van der Waals surface area contributed by atoms with Crippen LogP contribution in [0.5, 0.6) is 0 Å². The molecule has 11 heteroatoms. The highest BCUT2D eigenvalue weighted by atomic mass is 35.5. The average Bonchev–Trinajstić information content (AvgIpc) is 3.20. The summed E-state index contributed by atoms with van der Waals surface area (Å²) < 4.78 is 45.4. The number of imide groups is 1. The molecule has 206 valence electrons. The molecule has 0 aromatic heterocycles. The smallest absolute Gasteiger partial charge is 0.416 e. The number of anilines is 1. The molecule has 1 atom stereocenters. The Labute approximate surface area is 240 Å². The number of carbonyl (C=O) groups is 4. The molecule has 0 radical (unpaired) electrons. The van der Waals surface area contributed by atoms with Crippen LogP contribution in [0.1, 0.15) is 58.7 Å². The van der Waals surface area contributed by atoms with Crippen molar-refractivity contribution in [2.75, 3.05) is 4.90 Å². The van der Waals surface area contributed by atoms with Gasteiger partial charge in [0.25, 0.3) is 11.8 Å². The van der Waals surface area contributed by atoms with E-state index >= 15 is 0 Å². The molecule has 2 amide bonds. The summed E-state index contributed by atoms with van der Waals surface area (Å²) in [5.74, 6) is -3.39. The molecule has 0 bridgehead atoms. The van der Waals surface area contributed by atoms with Gasteiger partial charge in [0.15, 0.2) is 6.10 Å². The lowest BCUT2D eigenvalue weighted by molar-refractivity contribution is -0.137. The fourth-order valence-corrected chi connectivity index (χ4v) is 4.62. The zero-order valence-electron chi connectivity index (χ0n) is 20.6. The molecule has 4 aromatic carbocycles. The van der Waals surface area contributed by atoms with Crippen LogP contribution in [0.15, 0.2) is 91.0 Å². The maximum absolute atomic E-state index is 13.3. The van der Waals surface area contributed by atoms with E-state index in [1.165, 1.54) is 36.4 Å². The summed E-state index contributed by atoms with van der Waals surface area (Å²) in [5.41, 5.74) is -1.47. The summed E-state index contributed by atoms with van der Waals surface area (Å²) in [6.07, 6.45) is -6.09. The number of amides is 2. The van der Waals surface area contributed by atoms with Gasteiger partial charge in [-0.15, -0.1) is 0 Å². The van der Waals surface area contributed by atoms with Gasteiger partial charge in [-0.1, -0.05) is 53.5 Å². The molecule has 1 aliphatic rings. The fourth-order valence-electron chi connectivity index (χ4n) is 4.29. The minimum absolute atomic E-state index is 0.142. The van der Waals surface area contributed by atoms with Gasteiger partial charge >= 0.3 is 12.1 Å². The second kappa shape index (κ2) is 10.8. The van der Waals surface area contributed by atoms with E-state index in [0.29, 0.717) is 21.6 Å². The van der Waals surface area contributed by atoms with Gasteiger partial charge in [-0.2, -0.15) is 13.2 Å². The molecule has 4 aromatic rings. The molecule has 0 fully saturated rings. The number of carbonyl (C=O) groups excluding carboxylic acids is 4. The van der Waals surface area contributed by atoms with Crippen LogP contribution in [0.4, 0.5) is 18.9 Å². The summed E-state index contributed by atoms with van der Waals surface area (Å²) in [7, 11) is 0. The van der Waals surface area contributed by atoms with Gasteiger partial charge in [-0.05, 0) is 60.7 Å². The molecule has 41 heavy (non-hydrogen) atoms. The second-order valence-corrected chi connectivity index (χ2v) is 9.78. The highest BCUT2D eigenvalue weighted by Crippen LogP contribution is 2.38. The van der Waals surface area contributed by atoms with Crippen molar-refractivity contribution in [2.45, 2.75) is 12.3 Å².